The maximum Gasteiger partial charge on any atom is 0.249 e. The molecule has 5 nitrogen and oxygen atoms in total. The van der Waals surface area contributed by atoms with E-state index in [9.17, 15) is 14.7 Å². The van der Waals surface area contributed by atoms with E-state index in [2.05, 4.69) is 0 Å². The average Bonchev–Trinajstić information content (AvgIpc) is 2.03. The molecule has 1 rings (SSSR count). The first kappa shape index (κ1) is 9.42. The van der Waals surface area contributed by atoms with Gasteiger partial charge in [-0.25, -0.2) is 0 Å². The third-order valence-corrected chi connectivity index (χ3v) is 4.04. The van der Waals surface area contributed by atoms with Crippen LogP contribution >= 0.6 is 7.37 Å². The molecular weight excluding hydrogens is 181 g/mol. The second-order valence-corrected chi connectivity index (χ2v) is 5.34. The van der Waals surface area contributed by atoms with Crippen molar-refractivity contribution in [1.29, 1.82) is 0 Å². The zero-order valence-corrected chi connectivity index (χ0v) is 7.75. The fourth-order valence-electron chi connectivity index (χ4n) is 1.25. The van der Waals surface area contributed by atoms with Gasteiger partial charge in [0.15, 0.2) is 0 Å². The molecule has 1 N–H and O–H groups in total. The molecule has 1 heterocycles. The third kappa shape index (κ3) is 1.30. The Labute approximate surface area is 69.7 Å². The lowest BCUT2D eigenvalue weighted by Gasteiger charge is -2.15. The molecule has 2 unspecified atom stereocenters. The van der Waals surface area contributed by atoms with E-state index in [0.29, 0.717) is 5.57 Å². The zero-order valence-electron chi connectivity index (χ0n) is 6.85. The molecule has 1 aliphatic heterocycles. The van der Waals surface area contributed by atoms with Crippen LogP contribution in [0.4, 0.5) is 0 Å². The number of rotatable bonds is 1. The van der Waals surface area contributed by atoms with Crippen molar-refractivity contribution in [2.24, 2.45) is 0 Å². The second kappa shape index (κ2) is 2.41. The Kier molecular flexibility index (Phi) is 1.89. The quantitative estimate of drug-likeness (QED) is 0.383. The van der Waals surface area contributed by atoms with E-state index in [-0.39, 0.29) is 6.16 Å². The molecule has 6 heteroatoms. The Morgan fingerprint density at radius 2 is 2.33 bits per heavy atom. The summed E-state index contributed by atoms with van der Waals surface area (Å²) >= 11 is 0. The molecule has 0 bridgehead atoms. The predicted octanol–water partition coefficient (Wildman–Crippen LogP) is 1.21. The first-order chi connectivity index (χ1) is 5.28. The van der Waals surface area contributed by atoms with Gasteiger partial charge in [-0.2, -0.15) is 0 Å². The molecule has 0 aromatic carbocycles. The summed E-state index contributed by atoms with van der Waals surface area (Å²) in [5.74, 6) is 1.12. The summed E-state index contributed by atoms with van der Waals surface area (Å²) in [6.07, 6.45) is -0.279. The van der Waals surface area contributed by atoms with E-state index in [4.69, 9.17) is 4.89 Å². The molecule has 0 spiro atoms. The molecule has 0 radical (unpaired) electrons. The zero-order chi connectivity index (χ0) is 9.57. The van der Waals surface area contributed by atoms with Crippen molar-refractivity contribution in [1.82, 2.24) is 0 Å². The van der Waals surface area contributed by atoms with Crippen LogP contribution in [0.25, 0.3) is 0 Å². The highest BCUT2D eigenvalue weighted by atomic mass is 31.2. The van der Waals surface area contributed by atoms with Gasteiger partial charge in [-0.3, -0.25) is 14.7 Å². The average molecular weight is 191 g/mol. The highest BCUT2D eigenvalue weighted by Gasteiger charge is 2.50. The van der Waals surface area contributed by atoms with Crippen molar-refractivity contribution >= 4 is 7.37 Å². The van der Waals surface area contributed by atoms with Crippen LogP contribution in [-0.4, -0.2) is 21.5 Å². The molecule has 0 saturated carbocycles. The van der Waals surface area contributed by atoms with E-state index in [0.717, 1.165) is 5.82 Å². The van der Waals surface area contributed by atoms with Gasteiger partial charge in [0.2, 0.25) is 12.9 Å². The van der Waals surface area contributed by atoms with Crippen molar-refractivity contribution in [3.05, 3.63) is 21.5 Å². The van der Waals surface area contributed by atoms with Crippen molar-refractivity contribution in [2.45, 2.75) is 19.4 Å². The number of hydrogen-bond donors (Lipinski definition) is 1. The first-order valence-corrected chi connectivity index (χ1v) is 5.35. The summed E-state index contributed by atoms with van der Waals surface area (Å²) in [4.78, 5) is 19.2. The number of hydrogen-bond acceptors (Lipinski definition) is 3. The van der Waals surface area contributed by atoms with E-state index < -0.39 is 17.8 Å². The minimum Gasteiger partial charge on any atom is -0.341 e. The molecule has 0 saturated heterocycles. The van der Waals surface area contributed by atoms with Gasteiger partial charge in [-0.15, -0.1) is 0 Å². The summed E-state index contributed by atoms with van der Waals surface area (Å²) in [6, 6.07) is 0. The van der Waals surface area contributed by atoms with Gasteiger partial charge in [0.1, 0.15) is 6.16 Å². The van der Waals surface area contributed by atoms with Crippen LogP contribution in [0, 0.1) is 10.1 Å². The van der Waals surface area contributed by atoms with Crippen LogP contribution < -0.4 is 0 Å². The highest BCUT2D eigenvalue weighted by Crippen LogP contribution is 2.54. The first-order valence-electron chi connectivity index (χ1n) is 3.44. The Balaban J connectivity index is 3.11. The molecule has 0 aromatic heterocycles. The van der Waals surface area contributed by atoms with Gasteiger partial charge in [0.05, 0.1) is 0 Å². The summed E-state index contributed by atoms with van der Waals surface area (Å²) in [6.45, 7) is 2.88. The van der Waals surface area contributed by atoms with Crippen LogP contribution in [0.2, 0.25) is 0 Å². The molecule has 12 heavy (non-hydrogen) atoms. The van der Waals surface area contributed by atoms with Gasteiger partial charge < -0.3 is 4.89 Å². The van der Waals surface area contributed by atoms with Crippen molar-refractivity contribution in [3.63, 3.8) is 0 Å². The summed E-state index contributed by atoms with van der Waals surface area (Å²) in [7, 11) is -3.38. The molecule has 1 aliphatic rings. The van der Waals surface area contributed by atoms with Gasteiger partial charge in [-0.05, 0) is 6.92 Å². The van der Waals surface area contributed by atoms with Crippen LogP contribution in [0.15, 0.2) is 11.4 Å². The lowest BCUT2D eigenvalue weighted by atomic mass is 9.98. The van der Waals surface area contributed by atoms with Gasteiger partial charge in [0.25, 0.3) is 0 Å². The molecule has 0 amide bonds. The maximum absolute atomic E-state index is 11.1. The minimum atomic E-state index is -3.38. The van der Waals surface area contributed by atoms with E-state index in [1.165, 1.54) is 13.8 Å². The van der Waals surface area contributed by atoms with E-state index in [1.54, 1.807) is 0 Å². The van der Waals surface area contributed by atoms with Gasteiger partial charge in [-0.1, -0.05) is 0 Å². The SMILES string of the molecule is CC1=CP(=O)(O)CC1(C)[N+](=O)[O-]. The topological polar surface area (TPSA) is 80.4 Å². The summed E-state index contributed by atoms with van der Waals surface area (Å²) in [5.41, 5.74) is -0.970. The number of nitrogens with zero attached hydrogens (tertiary/aromatic N) is 1. The molecule has 2 atom stereocenters. The Morgan fingerprint density at radius 3 is 2.50 bits per heavy atom. The Bertz CT molecular complexity index is 311. The Hall–Kier alpha value is -0.670. The van der Waals surface area contributed by atoms with Crippen molar-refractivity contribution in [2.75, 3.05) is 6.16 Å². The fourth-order valence-corrected chi connectivity index (χ4v) is 3.48. The number of nitro groups is 1. The standard InChI is InChI=1S/C6H10NO4P/c1-5-3-12(10,11)4-6(5,2)7(8)9/h3H,4H2,1-2H3,(H,10,11). The smallest absolute Gasteiger partial charge is 0.249 e. The molecule has 68 valence electrons. The normalized spacial score (nSPS) is 41.1. The van der Waals surface area contributed by atoms with Crippen molar-refractivity contribution < 1.29 is 14.4 Å². The van der Waals surface area contributed by atoms with Gasteiger partial charge in [0, 0.05) is 23.2 Å². The monoisotopic (exact) mass is 191 g/mol. The van der Waals surface area contributed by atoms with Crippen LogP contribution in [0.1, 0.15) is 13.8 Å². The highest BCUT2D eigenvalue weighted by molar-refractivity contribution is 7.61. The van der Waals surface area contributed by atoms with Crippen molar-refractivity contribution in [3.8, 4) is 0 Å². The largest absolute Gasteiger partial charge is 0.341 e. The lowest BCUT2D eigenvalue weighted by Crippen LogP contribution is -2.36. The maximum atomic E-state index is 11.1. The summed E-state index contributed by atoms with van der Waals surface area (Å²) in [5, 5.41) is 10.6. The Morgan fingerprint density at radius 1 is 1.83 bits per heavy atom. The second-order valence-electron chi connectivity index (χ2n) is 3.26. The van der Waals surface area contributed by atoms with E-state index >= 15 is 0 Å². The van der Waals surface area contributed by atoms with Crippen LogP contribution in [-0.2, 0) is 4.57 Å². The van der Waals surface area contributed by atoms with Gasteiger partial charge >= 0.3 is 0 Å². The molecule has 0 aromatic rings. The molecular formula is C6H10NO4P. The van der Waals surface area contributed by atoms with Crippen LogP contribution in [0.5, 0.6) is 0 Å². The van der Waals surface area contributed by atoms with Crippen LogP contribution in [0.3, 0.4) is 0 Å². The third-order valence-electron chi connectivity index (χ3n) is 2.18. The summed E-state index contributed by atoms with van der Waals surface area (Å²) < 4.78 is 11.1. The lowest BCUT2D eigenvalue weighted by molar-refractivity contribution is -0.546. The van der Waals surface area contributed by atoms with E-state index in [1.807, 2.05) is 0 Å². The molecule has 0 aliphatic carbocycles. The fraction of sp³-hybridized carbons (Fsp3) is 0.667. The predicted molar refractivity (Wildman–Crippen MR) is 43.8 cm³/mol. The minimum absolute atomic E-state index is 0.279. The molecule has 0 fully saturated rings.